The summed E-state index contributed by atoms with van der Waals surface area (Å²) in [6, 6.07) is 9.02. The Morgan fingerprint density at radius 1 is 1.38 bits per heavy atom. The van der Waals surface area contributed by atoms with Crippen molar-refractivity contribution in [2.75, 3.05) is 6.67 Å². The Hall–Kier alpha value is -2.10. The minimum Gasteiger partial charge on any atom is -0.374 e. The number of nitrogens with one attached hydrogen (secondary N) is 3. The van der Waals surface area contributed by atoms with E-state index >= 15 is 0 Å². The lowest BCUT2D eigenvalue weighted by atomic mass is 10.2. The first-order chi connectivity index (χ1) is 7.70. The summed E-state index contributed by atoms with van der Waals surface area (Å²) in [5, 5.41) is 12.7. The highest BCUT2D eigenvalue weighted by molar-refractivity contribution is 5.94. The van der Waals surface area contributed by atoms with Crippen molar-refractivity contribution in [3.05, 3.63) is 48.2 Å². The molecular weight excluding hydrogens is 202 g/mol. The van der Waals surface area contributed by atoms with Crippen LogP contribution in [0, 0.1) is 5.41 Å². The molecule has 16 heavy (non-hydrogen) atoms. The van der Waals surface area contributed by atoms with E-state index in [1.807, 2.05) is 18.2 Å². The van der Waals surface area contributed by atoms with Gasteiger partial charge in [0.2, 0.25) is 0 Å². The molecule has 0 aliphatic heterocycles. The SMILES string of the molecule is CC(=N)/C=C\NCNC(=O)c1ccccc1. The van der Waals surface area contributed by atoms with E-state index in [0.29, 0.717) is 17.9 Å². The molecule has 1 amide bonds. The molecule has 0 heterocycles. The Kier molecular flexibility index (Phi) is 4.79. The third-order valence-electron chi connectivity index (χ3n) is 1.84. The van der Waals surface area contributed by atoms with Gasteiger partial charge in [0.05, 0.1) is 6.67 Å². The van der Waals surface area contributed by atoms with Crippen LogP contribution in [0.2, 0.25) is 0 Å². The molecule has 1 rings (SSSR count). The highest BCUT2D eigenvalue weighted by Crippen LogP contribution is 1.96. The fourth-order valence-corrected chi connectivity index (χ4v) is 1.07. The van der Waals surface area contributed by atoms with Crippen LogP contribution in [0.1, 0.15) is 17.3 Å². The van der Waals surface area contributed by atoms with E-state index < -0.39 is 0 Å². The van der Waals surface area contributed by atoms with Crippen LogP contribution >= 0.6 is 0 Å². The lowest BCUT2D eigenvalue weighted by Crippen LogP contribution is -2.31. The van der Waals surface area contributed by atoms with E-state index in [2.05, 4.69) is 10.6 Å². The number of carbonyl (C=O) groups is 1. The van der Waals surface area contributed by atoms with Crippen molar-refractivity contribution in [3.63, 3.8) is 0 Å². The molecule has 0 radical (unpaired) electrons. The van der Waals surface area contributed by atoms with Crippen molar-refractivity contribution in [2.24, 2.45) is 0 Å². The van der Waals surface area contributed by atoms with Gasteiger partial charge in [-0.1, -0.05) is 18.2 Å². The molecule has 0 aliphatic carbocycles. The fourth-order valence-electron chi connectivity index (χ4n) is 1.07. The molecule has 0 spiro atoms. The number of hydrogen-bond acceptors (Lipinski definition) is 3. The van der Waals surface area contributed by atoms with Gasteiger partial charge < -0.3 is 16.0 Å². The van der Waals surface area contributed by atoms with Gasteiger partial charge in [0, 0.05) is 11.3 Å². The Morgan fingerprint density at radius 2 is 2.06 bits per heavy atom. The third kappa shape index (κ3) is 4.41. The number of rotatable bonds is 5. The van der Waals surface area contributed by atoms with Crippen molar-refractivity contribution in [1.29, 1.82) is 5.41 Å². The van der Waals surface area contributed by atoms with E-state index in [0.717, 1.165) is 0 Å². The summed E-state index contributed by atoms with van der Waals surface area (Å²) in [6.45, 7) is 2.03. The topological polar surface area (TPSA) is 65.0 Å². The van der Waals surface area contributed by atoms with E-state index in [1.165, 1.54) is 0 Å². The predicted octanol–water partition coefficient (Wildman–Crippen LogP) is 1.52. The summed E-state index contributed by atoms with van der Waals surface area (Å²) in [6.07, 6.45) is 3.25. The Balaban J connectivity index is 2.29. The molecule has 0 unspecified atom stereocenters. The Bertz CT molecular complexity index is 385. The molecule has 3 N–H and O–H groups in total. The first kappa shape index (κ1) is 12.0. The minimum atomic E-state index is -0.118. The number of amides is 1. The molecule has 0 aromatic heterocycles. The monoisotopic (exact) mass is 217 g/mol. The van der Waals surface area contributed by atoms with Gasteiger partial charge >= 0.3 is 0 Å². The quantitative estimate of drug-likeness (QED) is 0.397. The van der Waals surface area contributed by atoms with Gasteiger partial charge in [-0.15, -0.1) is 0 Å². The molecule has 0 saturated heterocycles. The first-order valence-electron chi connectivity index (χ1n) is 4.98. The van der Waals surface area contributed by atoms with Crippen LogP contribution in [0.4, 0.5) is 0 Å². The normalized spacial score (nSPS) is 10.1. The lowest BCUT2D eigenvalue weighted by molar-refractivity contribution is 0.0952. The number of carbonyl (C=O) groups excluding carboxylic acids is 1. The van der Waals surface area contributed by atoms with E-state index in [-0.39, 0.29) is 5.91 Å². The molecule has 0 aliphatic rings. The van der Waals surface area contributed by atoms with Crippen LogP contribution in [0.25, 0.3) is 0 Å². The maximum Gasteiger partial charge on any atom is 0.252 e. The van der Waals surface area contributed by atoms with Crippen molar-refractivity contribution < 1.29 is 4.79 Å². The Morgan fingerprint density at radius 3 is 2.69 bits per heavy atom. The number of benzene rings is 1. The standard InChI is InChI=1S/C12H15N3O/c1-10(13)7-8-14-9-15-12(16)11-5-3-2-4-6-11/h2-8,13-14H,9H2,1H3,(H,15,16)/b8-7-,13-10?. The molecule has 4 nitrogen and oxygen atoms in total. The van der Waals surface area contributed by atoms with Crippen molar-refractivity contribution in [1.82, 2.24) is 10.6 Å². The van der Waals surface area contributed by atoms with Crippen LogP contribution in [-0.2, 0) is 0 Å². The highest BCUT2D eigenvalue weighted by atomic mass is 16.1. The smallest absolute Gasteiger partial charge is 0.252 e. The summed E-state index contributed by atoms with van der Waals surface area (Å²) in [5.74, 6) is -0.118. The maximum atomic E-state index is 11.5. The molecule has 1 aromatic rings. The third-order valence-corrected chi connectivity index (χ3v) is 1.84. The maximum absolute atomic E-state index is 11.5. The van der Waals surface area contributed by atoms with Gasteiger partial charge in [0.15, 0.2) is 0 Å². The molecule has 0 atom stereocenters. The number of allylic oxidation sites excluding steroid dienone is 1. The van der Waals surface area contributed by atoms with Crippen LogP contribution in [-0.4, -0.2) is 18.3 Å². The summed E-state index contributed by atoms with van der Waals surface area (Å²) >= 11 is 0. The molecule has 0 fully saturated rings. The molecule has 1 aromatic carbocycles. The van der Waals surface area contributed by atoms with Gasteiger partial charge in [-0.25, -0.2) is 0 Å². The summed E-state index contributed by atoms with van der Waals surface area (Å²) < 4.78 is 0. The predicted molar refractivity (Wildman–Crippen MR) is 64.5 cm³/mol. The van der Waals surface area contributed by atoms with Gasteiger partial charge in [-0.3, -0.25) is 4.79 Å². The Labute approximate surface area is 94.9 Å². The van der Waals surface area contributed by atoms with Crippen LogP contribution in [0.15, 0.2) is 42.6 Å². The number of hydrogen-bond donors (Lipinski definition) is 3. The second-order valence-electron chi connectivity index (χ2n) is 3.27. The molecule has 84 valence electrons. The zero-order valence-corrected chi connectivity index (χ0v) is 9.16. The summed E-state index contributed by atoms with van der Waals surface area (Å²) in [5.41, 5.74) is 1.10. The van der Waals surface area contributed by atoms with Crippen LogP contribution in [0.5, 0.6) is 0 Å². The van der Waals surface area contributed by atoms with Gasteiger partial charge in [0.25, 0.3) is 5.91 Å². The highest BCUT2D eigenvalue weighted by Gasteiger charge is 2.01. The summed E-state index contributed by atoms with van der Waals surface area (Å²) in [7, 11) is 0. The lowest BCUT2D eigenvalue weighted by Gasteiger charge is -2.04. The average molecular weight is 217 g/mol. The molecule has 0 bridgehead atoms. The van der Waals surface area contributed by atoms with Crippen LogP contribution < -0.4 is 10.6 Å². The second kappa shape index (κ2) is 6.40. The van der Waals surface area contributed by atoms with Gasteiger partial charge in [0.1, 0.15) is 0 Å². The van der Waals surface area contributed by atoms with Crippen molar-refractivity contribution in [2.45, 2.75) is 6.92 Å². The second-order valence-corrected chi connectivity index (χ2v) is 3.27. The molecule has 0 saturated carbocycles. The minimum absolute atomic E-state index is 0.118. The van der Waals surface area contributed by atoms with Crippen LogP contribution in [0.3, 0.4) is 0 Å². The van der Waals surface area contributed by atoms with E-state index in [4.69, 9.17) is 5.41 Å². The summed E-state index contributed by atoms with van der Waals surface area (Å²) in [4.78, 5) is 11.5. The zero-order valence-electron chi connectivity index (χ0n) is 9.16. The fraction of sp³-hybridized carbons (Fsp3) is 0.167. The molecular formula is C12H15N3O. The van der Waals surface area contributed by atoms with Crippen molar-refractivity contribution in [3.8, 4) is 0 Å². The average Bonchev–Trinajstić information content (AvgIpc) is 2.29. The van der Waals surface area contributed by atoms with Gasteiger partial charge in [-0.2, -0.15) is 0 Å². The van der Waals surface area contributed by atoms with E-state index in [9.17, 15) is 4.79 Å². The van der Waals surface area contributed by atoms with Gasteiger partial charge in [-0.05, 0) is 31.3 Å². The first-order valence-corrected chi connectivity index (χ1v) is 4.98. The molecule has 4 heteroatoms. The van der Waals surface area contributed by atoms with E-state index in [1.54, 1.807) is 31.3 Å². The van der Waals surface area contributed by atoms with Crippen molar-refractivity contribution >= 4 is 11.6 Å². The zero-order chi connectivity index (χ0) is 11.8. The largest absolute Gasteiger partial charge is 0.374 e.